The Morgan fingerprint density at radius 2 is 1.26 bits per heavy atom. The average molecular weight is 487 g/mol. The van der Waals surface area contributed by atoms with Gasteiger partial charge in [-0.1, -0.05) is 38.5 Å². The monoisotopic (exact) mass is 486 g/mol. The largest absolute Gasteiger partial charge is 0.490 e. The van der Waals surface area contributed by atoms with Gasteiger partial charge >= 0.3 is 0 Å². The maximum Gasteiger partial charge on any atom is 0.200 e. The summed E-state index contributed by atoms with van der Waals surface area (Å²) in [5, 5.41) is 0. The van der Waals surface area contributed by atoms with Crippen molar-refractivity contribution >= 4 is 0 Å². The summed E-state index contributed by atoms with van der Waals surface area (Å²) in [6.45, 7) is 4.64. The summed E-state index contributed by atoms with van der Waals surface area (Å²) >= 11 is 0. The Balaban J connectivity index is 1.21. The summed E-state index contributed by atoms with van der Waals surface area (Å²) in [4.78, 5) is 0. The highest BCUT2D eigenvalue weighted by Crippen LogP contribution is 2.47. The highest BCUT2D eigenvalue weighted by atomic mass is 19.2. The minimum atomic E-state index is -0.803. The molecular weight excluding hydrogens is 438 g/mol. The second-order valence-corrected chi connectivity index (χ2v) is 11.8. The molecule has 3 heteroatoms. The van der Waals surface area contributed by atoms with Crippen LogP contribution >= 0.6 is 0 Å². The Hall–Kier alpha value is -1.38. The van der Waals surface area contributed by atoms with Crippen molar-refractivity contribution in [1.82, 2.24) is 0 Å². The number of unbranched alkanes of at least 4 members (excludes halogenated alkanes) is 1. The lowest BCUT2D eigenvalue weighted by atomic mass is 9.64. The fourth-order valence-corrected chi connectivity index (χ4v) is 7.44. The van der Waals surface area contributed by atoms with Crippen LogP contribution in [0.15, 0.2) is 24.3 Å². The Labute approximate surface area is 213 Å². The fraction of sp³-hybridized carbons (Fsp3) is 0.750. The van der Waals surface area contributed by atoms with E-state index in [0.717, 1.165) is 48.9 Å². The van der Waals surface area contributed by atoms with Crippen molar-refractivity contribution in [3.63, 3.8) is 0 Å². The van der Waals surface area contributed by atoms with Gasteiger partial charge in [-0.2, -0.15) is 4.39 Å². The van der Waals surface area contributed by atoms with Gasteiger partial charge in [0.2, 0.25) is 5.82 Å². The number of benzene rings is 1. The maximum atomic E-state index is 14.8. The Kier molecular flexibility index (Phi) is 10.1. The van der Waals surface area contributed by atoms with E-state index in [1.807, 2.05) is 6.92 Å². The van der Waals surface area contributed by atoms with Gasteiger partial charge in [0, 0.05) is 0 Å². The lowest BCUT2D eigenvalue weighted by Crippen LogP contribution is -2.29. The third kappa shape index (κ3) is 6.89. The van der Waals surface area contributed by atoms with Crippen molar-refractivity contribution in [2.45, 2.75) is 116 Å². The molecule has 3 saturated carbocycles. The van der Waals surface area contributed by atoms with E-state index in [9.17, 15) is 8.78 Å². The van der Waals surface area contributed by atoms with Gasteiger partial charge in [-0.15, -0.1) is 0 Å². The molecule has 0 aliphatic heterocycles. The third-order valence-electron chi connectivity index (χ3n) is 9.58. The summed E-state index contributed by atoms with van der Waals surface area (Å²) in [5.41, 5.74) is 0.564. The lowest BCUT2D eigenvalue weighted by molar-refractivity contribution is 0.114. The number of rotatable bonds is 9. The van der Waals surface area contributed by atoms with Crippen LogP contribution in [-0.4, -0.2) is 6.61 Å². The van der Waals surface area contributed by atoms with Crippen molar-refractivity contribution in [3.8, 4) is 5.75 Å². The van der Waals surface area contributed by atoms with Gasteiger partial charge in [0.1, 0.15) is 0 Å². The highest BCUT2D eigenvalue weighted by Gasteiger charge is 2.35. The average Bonchev–Trinajstić information content (AvgIpc) is 2.90. The molecule has 196 valence electrons. The first kappa shape index (κ1) is 26.7. The predicted molar refractivity (Wildman–Crippen MR) is 142 cm³/mol. The molecule has 1 aromatic rings. The van der Waals surface area contributed by atoms with E-state index in [1.165, 1.54) is 77.0 Å². The molecule has 3 aliphatic carbocycles. The molecule has 3 aliphatic rings. The van der Waals surface area contributed by atoms with Crippen LogP contribution in [0.4, 0.5) is 8.78 Å². The normalized spacial score (nSPS) is 32.1. The van der Waals surface area contributed by atoms with Crippen molar-refractivity contribution in [3.05, 3.63) is 41.5 Å². The third-order valence-corrected chi connectivity index (χ3v) is 9.58. The SMILES string of the molecule is CCC/C=C/C1CCC(C2CCC(C3CCC(c4ccc(OCCC)c(F)c4F)CC3)CC2)CC1. The summed E-state index contributed by atoms with van der Waals surface area (Å²) in [7, 11) is 0. The summed E-state index contributed by atoms with van der Waals surface area (Å²) in [6, 6.07) is 3.40. The van der Waals surface area contributed by atoms with Gasteiger partial charge < -0.3 is 4.74 Å². The molecule has 0 aromatic heterocycles. The number of hydrogen-bond acceptors (Lipinski definition) is 1. The quantitative estimate of drug-likeness (QED) is 0.315. The lowest BCUT2D eigenvalue weighted by Gasteiger charge is -2.41. The van der Waals surface area contributed by atoms with E-state index >= 15 is 0 Å². The van der Waals surface area contributed by atoms with Crippen LogP contribution in [0.3, 0.4) is 0 Å². The smallest absolute Gasteiger partial charge is 0.200 e. The van der Waals surface area contributed by atoms with Gasteiger partial charge in [-0.3, -0.25) is 0 Å². The molecule has 4 rings (SSSR count). The van der Waals surface area contributed by atoms with E-state index in [-0.39, 0.29) is 11.7 Å². The summed E-state index contributed by atoms with van der Waals surface area (Å²) in [6.07, 6.45) is 23.8. The number of ether oxygens (including phenoxy) is 1. The van der Waals surface area contributed by atoms with Crippen molar-refractivity contribution in [1.29, 1.82) is 0 Å². The molecule has 0 amide bonds. The van der Waals surface area contributed by atoms with E-state index in [0.29, 0.717) is 12.2 Å². The molecule has 0 radical (unpaired) electrons. The Bertz CT molecular complexity index is 794. The van der Waals surface area contributed by atoms with Crippen LogP contribution in [0.2, 0.25) is 0 Å². The summed E-state index contributed by atoms with van der Waals surface area (Å²) in [5.74, 6) is 3.11. The minimum absolute atomic E-state index is 0.0555. The molecule has 1 aromatic carbocycles. The number of hydrogen-bond donors (Lipinski definition) is 0. The maximum absolute atomic E-state index is 14.8. The van der Waals surface area contributed by atoms with Crippen LogP contribution in [0.1, 0.15) is 122 Å². The molecule has 0 bridgehead atoms. The predicted octanol–water partition coefficient (Wildman–Crippen LogP) is 10.00. The number of allylic oxidation sites excluding steroid dienone is 2. The first-order valence-corrected chi connectivity index (χ1v) is 14.9. The summed E-state index contributed by atoms with van der Waals surface area (Å²) < 4.78 is 34.6. The van der Waals surface area contributed by atoms with Crippen LogP contribution in [-0.2, 0) is 0 Å². The van der Waals surface area contributed by atoms with Crippen LogP contribution in [0, 0.1) is 41.2 Å². The second-order valence-electron chi connectivity index (χ2n) is 11.8. The fourth-order valence-electron chi connectivity index (χ4n) is 7.44. The molecule has 3 fully saturated rings. The van der Waals surface area contributed by atoms with Gasteiger partial charge in [0.15, 0.2) is 11.6 Å². The highest BCUT2D eigenvalue weighted by molar-refractivity contribution is 5.33. The molecule has 0 unspecified atom stereocenters. The minimum Gasteiger partial charge on any atom is -0.490 e. The van der Waals surface area contributed by atoms with E-state index in [2.05, 4.69) is 19.1 Å². The van der Waals surface area contributed by atoms with Crippen molar-refractivity contribution in [2.75, 3.05) is 6.61 Å². The standard InChI is InChI=1S/C32H48F2O/c1-3-5-6-7-23-8-10-24(11-9-23)25-12-14-26(15-13-25)27-16-18-28(19-17-27)29-20-21-30(35-22-4-2)32(34)31(29)33/h6-7,20-21,23-28H,3-5,8-19,22H2,1-2H3/b7-6+. The molecule has 0 N–H and O–H groups in total. The Morgan fingerprint density at radius 1 is 0.714 bits per heavy atom. The van der Waals surface area contributed by atoms with Gasteiger partial charge in [0.25, 0.3) is 0 Å². The zero-order valence-corrected chi connectivity index (χ0v) is 22.3. The van der Waals surface area contributed by atoms with Gasteiger partial charge in [-0.25, -0.2) is 4.39 Å². The van der Waals surface area contributed by atoms with Crippen molar-refractivity contribution < 1.29 is 13.5 Å². The topological polar surface area (TPSA) is 9.23 Å². The van der Waals surface area contributed by atoms with Crippen molar-refractivity contribution in [2.24, 2.45) is 29.6 Å². The zero-order valence-electron chi connectivity index (χ0n) is 22.3. The van der Waals surface area contributed by atoms with Crippen LogP contribution < -0.4 is 4.74 Å². The van der Waals surface area contributed by atoms with E-state index < -0.39 is 11.6 Å². The first-order chi connectivity index (χ1) is 17.1. The van der Waals surface area contributed by atoms with Gasteiger partial charge in [-0.05, 0) is 137 Å². The molecule has 0 atom stereocenters. The first-order valence-electron chi connectivity index (χ1n) is 14.9. The zero-order chi connectivity index (χ0) is 24.6. The van der Waals surface area contributed by atoms with Crippen LogP contribution in [0.5, 0.6) is 5.75 Å². The molecular formula is C32H48F2O. The van der Waals surface area contributed by atoms with E-state index in [1.54, 1.807) is 12.1 Å². The molecule has 0 saturated heterocycles. The van der Waals surface area contributed by atoms with E-state index in [4.69, 9.17) is 4.74 Å². The molecule has 1 nitrogen and oxygen atoms in total. The molecule has 35 heavy (non-hydrogen) atoms. The second kappa shape index (κ2) is 13.2. The van der Waals surface area contributed by atoms with Gasteiger partial charge in [0.05, 0.1) is 6.61 Å². The number of halogens is 2. The van der Waals surface area contributed by atoms with Crippen LogP contribution in [0.25, 0.3) is 0 Å². The molecule has 0 spiro atoms. The molecule has 0 heterocycles. The Morgan fingerprint density at radius 3 is 1.80 bits per heavy atom.